The lowest BCUT2D eigenvalue weighted by molar-refractivity contribution is 0.0954. The Morgan fingerprint density at radius 2 is 2.40 bits per heavy atom. The SMILES string of the molecule is Cc1cc(C(=O)NCc2cscn2)sc1C#CCCO. The van der Waals surface area contributed by atoms with Gasteiger partial charge in [-0.05, 0) is 18.6 Å². The Morgan fingerprint density at radius 1 is 1.55 bits per heavy atom. The molecule has 104 valence electrons. The highest BCUT2D eigenvalue weighted by molar-refractivity contribution is 7.14. The fraction of sp³-hybridized carbons (Fsp3) is 0.286. The summed E-state index contributed by atoms with van der Waals surface area (Å²) in [6, 6.07) is 1.84. The summed E-state index contributed by atoms with van der Waals surface area (Å²) in [5.74, 6) is 5.74. The van der Waals surface area contributed by atoms with Gasteiger partial charge in [-0.25, -0.2) is 4.98 Å². The van der Waals surface area contributed by atoms with Crippen LogP contribution < -0.4 is 5.32 Å². The Hall–Kier alpha value is -1.68. The number of amides is 1. The van der Waals surface area contributed by atoms with Crippen molar-refractivity contribution in [2.24, 2.45) is 0 Å². The molecule has 0 spiro atoms. The first-order chi connectivity index (χ1) is 9.70. The minimum atomic E-state index is -0.110. The molecule has 4 nitrogen and oxygen atoms in total. The van der Waals surface area contributed by atoms with Crippen LogP contribution in [0, 0.1) is 18.8 Å². The molecule has 0 saturated heterocycles. The zero-order chi connectivity index (χ0) is 14.4. The number of aliphatic hydroxyl groups excluding tert-OH is 1. The van der Waals surface area contributed by atoms with Crippen LogP contribution in [0.2, 0.25) is 0 Å². The number of carbonyl (C=O) groups is 1. The number of thiazole rings is 1. The minimum Gasteiger partial charge on any atom is -0.395 e. The molecule has 20 heavy (non-hydrogen) atoms. The number of thiophene rings is 1. The van der Waals surface area contributed by atoms with E-state index >= 15 is 0 Å². The summed E-state index contributed by atoms with van der Waals surface area (Å²) >= 11 is 2.88. The molecule has 2 N–H and O–H groups in total. The van der Waals surface area contributed by atoms with Crippen LogP contribution in [-0.4, -0.2) is 22.6 Å². The fourth-order valence-electron chi connectivity index (χ4n) is 1.50. The second-order valence-corrected chi connectivity index (χ2v) is 5.83. The van der Waals surface area contributed by atoms with Crippen molar-refractivity contribution in [1.82, 2.24) is 10.3 Å². The lowest BCUT2D eigenvalue weighted by Crippen LogP contribution is -2.21. The monoisotopic (exact) mass is 306 g/mol. The number of hydrogen-bond donors (Lipinski definition) is 2. The Labute approximate surface area is 125 Å². The second kappa shape index (κ2) is 7.20. The quantitative estimate of drug-likeness (QED) is 0.851. The summed E-state index contributed by atoms with van der Waals surface area (Å²) in [5.41, 5.74) is 3.59. The van der Waals surface area contributed by atoms with E-state index < -0.39 is 0 Å². The Balaban J connectivity index is 2.00. The average Bonchev–Trinajstić information content (AvgIpc) is 3.07. The summed E-state index contributed by atoms with van der Waals surface area (Å²) in [6.45, 7) is 2.42. The van der Waals surface area contributed by atoms with Gasteiger partial charge in [-0.2, -0.15) is 0 Å². The number of aliphatic hydroxyl groups is 1. The van der Waals surface area contributed by atoms with Crippen LogP contribution in [0.1, 0.15) is 32.2 Å². The standard InChI is InChI=1S/C14H14N2O2S2/c1-10-6-13(20-12(10)4-2-3-5-17)14(18)15-7-11-8-19-9-16-11/h6,8-9,17H,3,5,7H2,1H3,(H,15,18). The topological polar surface area (TPSA) is 62.2 Å². The number of nitrogens with one attached hydrogen (secondary N) is 1. The molecule has 2 rings (SSSR count). The van der Waals surface area contributed by atoms with E-state index in [1.54, 1.807) is 5.51 Å². The van der Waals surface area contributed by atoms with Crippen LogP contribution in [0.25, 0.3) is 0 Å². The predicted octanol–water partition coefficient (Wildman–Crippen LogP) is 2.18. The maximum absolute atomic E-state index is 12.0. The summed E-state index contributed by atoms with van der Waals surface area (Å²) in [6.07, 6.45) is 0.447. The molecule has 0 unspecified atom stereocenters. The molecule has 0 fully saturated rings. The van der Waals surface area contributed by atoms with Gasteiger partial charge >= 0.3 is 0 Å². The third kappa shape index (κ3) is 3.90. The van der Waals surface area contributed by atoms with Gasteiger partial charge in [0.25, 0.3) is 5.91 Å². The van der Waals surface area contributed by atoms with E-state index in [9.17, 15) is 4.79 Å². The first-order valence-electron chi connectivity index (χ1n) is 6.06. The van der Waals surface area contributed by atoms with Gasteiger partial charge in [0.2, 0.25) is 0 Å². The summed E-state index contributed by atoms with van der Waals surface area (Å²) in [7, 11) is 0. The molecule has 0 aromatic carbocycles. The van der Waals surface area contributed by atoms with Gasteiger partial charge in [-0.1, -0.05) is 11.8 Å². The summed E-state index contributed by atoms with van der Waals surface area (Å²) < 4.78 is 0. The highest BCUT2D eigenvalue weighted by Gasteiger charge is 2.11. The van der Waals surface area contributed by atoms with Crippen molar-refractivity contribution in [2.45, 2.75) is 19.9 Å². The number of rotatable bonds is 4. The lowest BCUT2D eigenvalue weighted by Gasteiger charge is -1.99. The molecule has 0 aliphatic carbocycles. The van der Waals surface area contributed by atoms with E-state index in [1.807, 2.05) is 18.4 Å². The van der Waals surface area contributed by atoms with Gasteiger partial charge in [0.05, 0.1) is 34.1 Å². The molecule has 6 heteroatoms. The van der Waals surface area contributed by atoms with Crippen molar-refractivity contribution >= 4 is 28.6 Å². The van der Waals surface area contributed by atoms with Crippen LogP contribution in [0.5, 0.6) is 0 Å². The Bertz CT molecular complexity index is 636. The molecule has 0 radical (unpaired) electrons. The number of carbonyl (C=O) groups excluding carboxylic acids is 1. The Morgan fingerprint density at radius 3 is 3.10 bits per heavy atom. The molecule has 0 bridgehead atoms. The second-order valence-electron chi connectivity index (χ2n) is 4.06. The molecule has 2 aromatic rings. The highest BCUT2D eigenvalue weighted by atomic mass is 32.1. The van der Waals surface area contributed by atoms with Crippen LogP contribution >= 0.6 is 22.7 Å². The number of nitrogens with zero attached hydrogens (tertiary/aromatic N) is 1. The predicted molar refractivity (Wildman–Crippen MR) is 80.9 cm³/mol. The third-order valence-electron chi connectivity index (χ3n) is 2.49. The molecule has 0 saturated carbocycles. The molecule has 0 aliphatic heterocycles. The van der Waals surface area contributed by atoms with Gasteiger partial charge in [0.15, 0.2) is 0 Å². The molecule has 0 atom stereocenters. The Kier molecular flexibility index (Phi) is 5.30. The van der Waals surface area contributed by atoms with Crippen molar-refractivity contribution in [1.29, 1.82) is 0 Å². The zero-order valence-corrected chi connectivity index (χ0v) is 12.6. The van der Waals surface area contributed by atoms with Crippen molar-refractivity contribution < 1.29 is 9.90 Å². The summed E-state index contributed by atoms with van der Waals surface area (Å²) in [4.78, 5) is 17.7. The number of aryl methyl sites for hydroxylation is 1. The van der Waals surface area contributed by atoms with E-state index in [0.717, 1.165) is 16.1 Å². The van der Waals surface area contributed by atoms with Gasteiger partial charge in [-0.15, -0.1) is 22.7 Å². The summed E-state index contributed by atoms with van der Waals surface area (Å²) in [5, 5.41) is 13.4. The first kappa shape index (κ1) is 14.7. The van der Waals surface area contributed by atoms with Gasteiger partial charge in [-0.3, -0.25) is 4.79 Å². The van der Waals surface area contributed by atoms with Crippen molar-refractivity contribution in [3.63, 3.8) is 0 Å². The zero-order valence-electron chi connectivity index (χ0n) is 11.0. The highest BCUT2D eigenvalue weighted by Crippen LogP contribution is 2.21. The average molecular weight is 306 g/mol. The molecular formula is C14H14N2O2S2. The molecule has 1 amide bonds. The molecule has 2 heterocycles. The van der Waals surface area contributed by atoms with Gasteiger partial charge < -0.3 is 10.4 Å². The van der Waals surface area contributed by atoms with E-state index in [1.165, 1.54) is 22.7 Å². The molecule has 0 aliphatic rings. The number of aromatic nitrogens is 1. The van der Waals surface area contributed by atoms with Crippen LogP contribution in [0.15, 0.2) is 17.0 Å². The fourth-order valence-corrected chi connectivity index (χ4v) is 3.02. The third-order valence-corrected chi connectivity index (χ3v) is 4.28. The normalized spacial score (nSPS) is 9.90. The number of hydrogen-bond acceptors (Lipinski definition) is 5. The largest absolute Gasteiger partial charge is 0.395 e. The van der Waals surface area contributed by atoms with E-state index in [0.29, 0.717) is 17.8 Å². The van der Waals surface area contributed by atoms with E-state index in [4.69, 9.17) is 5.11 Å². The minimum absolute atomic E-state index is 0.0540. The van der Waals surface area contributed by atoms with E-state index in [-0.39, 0.29) is 12.5 Å². The van der Waals surface area contributed by atoms with Crippen LogP contribution in [-0.2, 0) is 6.54 Å². The molecule has 2 aromatic heterocycles. The van der Waals surface area contributed by atoms with Crippen molar-refractivity contribution in [3.05, 3.63) is 38.0 Å². The maximum atomic E-state index is 12.0. The van der Waals surface area contributed by atoms with Crippen molar-refractivity contribution in [3.8, 4) is 11.8 Å². The van der Waals surface area contributed by atoms with Gasteiger partial charge in [0.1, 0.15) is 0 Å². The lowest BCUT2D eigenvalue weighted by atomic mass is 10.2. The van der Waals surface area contributed by atoms with Gasteiger partial charge in [0, 0.05) is 11.8 Å². The van der Waals surface area contributed by atoms with Crippen molar-refractivity contribution in [2.75, 3.05) is 6.61 Å². The molecular weight excluding hydrogens is 292 g/mol. The maximum Gasteiger partial charge on any atom is 0.261 e. The van der Waals surface area contributed by atoms with E-state index in [2.05, 4.69) is 22.1 Å². The van der Waals surface area contributed by atoms with Crippen LogP contribution in [0.4, 0.5) is 0 Å². The smallest absolute Gasteiger partial charge is 0.261 e. The first-order valence-corrected chi connectivity index (χ1v) is 7.82. The van der Waals surface area contributed by atoms with Crippen LogP contribution in [0.3, 0.4) is 0 Å².